The van der Waals surface area contributed by atoms with Gasteiger partial charge in [-0.1, -0.05) is 17.3 Å². The summed E-state index contributed by atoms with van der Waals surface area (Å²) in [7, 11) is 3.89. The molecule has 36 heavy (non-hydrogen) atoms. The van der Waals surface area contributed by atoms with Gasteiger partial charge in [-0.2, -0.15) is 0 Å². The molecule has 1 saturated heterocycles. The van der Waals surface area contributed by atoms with E-state index in [1.54, 1.807) is 7.05 Å². The molecule has 0 amide bonds. The van der Waals surface area contributed by atoms with Crippen LogP contribution in [0.25, 0.3) is 22.6 Å². The van der Waals surface area contributed by atoms with Gasteiger partial charge in [0.1, 0.15) is 30.0 Å². The molecule has 194 valence electrons. The van der Waals surface area contributed by atoms with Crippen LogP contribution in [0, 0.1) is 26.7 Å². The summed E-state index contributed by atoms with van der Waals surface area (Å²) in [5.74, 6) is 3.43. The maximum absolute atomic E-state index is 10.0. The van der Waals surface area contributed by atoms with Crippen molar-refractivity contribution in [2.24, 2.45) is 5.92 Å². The average molecular weight is 496 g/mol. The number of hydrogen-bond donors (Lipinski definition) is 2. The van der Waals surface area contributed by atoms with Crippen molar-refractivity contribution in [1.29, 1.82) is 0 Å². The number of hydrogen-bond acceptors (Lipinski definition) is 9. The largest absolute Gasteiger partial charge is 0.491 e. The fourth-order valence-corrected chi connectivity index (χ4v) is 4.68. The highest BCUT2D eigenvalue weighted by Crippen LogP contribution is 2.35. The Morgan fingerprint density at radius 3 is 2.67 bits per heavy atom. The Morgan fingerprint density at radius 2 is 1.97 bits per heavy atom. The zero-order chi connectivity index (χ0) is 25.7. The molecule has 0 saturated carbocycles. The van der Waals surface area contributed by atoms with Gasteiger partial charge in [-0.05, 0) is 58.7 Å². The van der Waals surface area contributed by atoms with Crippen molar-refractivity contribution in [3.05, 3.63) is 41.3 Å². The van der Waals surface area contributed by atoms with Crippen molar-refractivity contribution >= 4 is 5.82 Å². The van der Waals surface area contributed by atoms with Crippen molar-refractivity contribution in [3.63, 3.8) is 0 Å². The number of aliphatic hydroxyl groups is 1. The van der Waals surface area contributed by atoms with Crippen molar-refractivity contribution < 1.29 is 19.1 Å². The van der Waals surface area contributed by atoms with Gasteiger partial charge in [0, 0.05) is 44.5 Å². The number of aliphatic hydroxyl groups excluding tert-OH is 1. The third kappa shape index (κ3) is 6.03. The highest BCUT2D eigenvalue weighted by molar-refractivity contribution is 5.74. The Balaban J connectivity index is 1.71. The van der Waals surface area contributed by atoms with Crippen molar-refractivity contribution in [2.45, 2.75) is 39.7 Å². The number of anilines is 1. The molecule has 0 bridgehead atoms. The minimum absolute atomic E-state index is 0.197. The Morgan fingerprint density at radius 1 is 1.19 bits per heavy atom. The molecule has 1 atom stereocenters. The molecule has 0 spiro atoms. The topological polar surface area (TPSA) is 106 Å². The van der Waals surface area contributed by atoms with E-state index >= 15 is 0 Å². The van der Waals surface area contributed by atoms with Crippen LogP contribution in [0.15, 0.2) is 28.8 Å². The molecule has 1 aliphatic heterocycles. The van der Waals surface area contributed by atoms with Crippen LogP contribution in [0.4, 0.5) is 5.82 Å². The molecule has 2 N–H and O–H groups in total. The second kappa shape index (κ2) is 11.8. The van der Waals surface area contributed by atoms with E-state index in [0.717, 1.165) is 72.3 Å². The molecule has 2 aromatic heterocycles. The first kappa shape index (κ1) is 26.1. The predicted octanol–water partition coefficient (Wildman–Crippen LogP) is 3.55. The maximum atomic E-state index is 10.0. The van der Waals surface area contributed by atoms with E-state index in [1.165, 1.54) is 0 Å². The molecule has 1 aliphatic rings. The highest BCUT2D eigenvalue weighted by Gasteiger charge is 2.24. The number of likely N-dealkylation sites (N-methyl/N-ethyl adjacent to an activating group) is 1. The highest BCUT2D eigenvalue weighted by atomic mass is 16.5. The van der Waals surface area contributed by atoms with Crippen LogP contribution in [0.5, 0.6) is 5.75 Å². The summed E-state index contributed by atoms with van der Waals surface area (Å²) in [6, 6.07) is 7.67. The molecule has 0 aliphatic carbocycles. The summed E-state index contributed by atoms with van der Waals surface area (Å²) < 4.78 is 16.9. The molecule has 1 unspecified atom stereocenters. The van der Waals surface area contributed by atoms with Gasteiger partial charge in [-0.25, -0.2) is 9.97 Å². The number of ether oxygens (including phenoxy) is 2. The van der Waals surface area contributed by atoms with Gasteiger partial charge >= 0.3 is 0 Å². The summed E-state index contributed by atoms with van der Waals surface area (Å²) in [6.45, 7) is 9.08. The summed E-state index contributed by atoms with van der Waals surface area (Å²) in [5.41, 5.74) is 4.35. The van der Waals surface area contributed by atoms with Gasteiger partial charge in [0.15, 0.2) is 5.82 Å². The lowest BCUT2D eigenvalue weighted by molar-refractivity contribution is 0.0685. The third-order valence-corrected chi connectivity index (χ3v) is 6.60. The van der Waals surface area contributed by atoms with Crippen molar-refractivity contribution in [2.75, 3.05) is 51.9 Å². The molecule has 4 rings (SSSR count). The molecular weight excluding hydrogens is 458 g/mol. The van der Waals surface area contributed by atoms with Gasteiger partial charge in [-0.3, -0.25) is 0 Å². The first-order valence-corrected chi connectivity index (χ1v) is 12.5. The normalized spacial score (nSPS) is 15.2. The fraction of sp³-hybridized carbons (Fsp3) is 0.519. The lowest BCUT2D eigenvalue weighted by Gasteiger charge is -2.29. The number of aryl methyl sites for hydroxylation is 2. The first-order valence-electron chi connectivity index (χ1n) is 12.5. The SMILES string of the molecule is CNCC(O)COc1cccc(-c2nc(-c3c(C)noc3C)c(C)c(N(C)CC3CCOCC3)n2)c1. The maximum Gasteiger partial charge on any atom is 0.162 e. The quantitative estimate of drug-likeness (QED) is 0.437. The van der Waals surface area contributed by atoms with E-state index in [1.807, 2.05) is 38.1 Å². The zero-order valence-corrected chi connectivity index (χ0v) is 21.9. The summed E-state index contributed by atoms with van der Waals surface area (Å²) in [5, 5.41) is 17.1. The number of aromatic nitrogens is 3. The van der Waals surface area contributed by atoms with Crippen LogP contribution in [-0.4, -0.2) is 73.3 Å². The molecular formula is C27H37N5O4. The Hall–Kier alpha value is -3.01. The Labute approximate surface area is 212 Å². The van der Waals surface area contributed by atoms with E-state index in [9.17, 15) is 5.11 Å². The van der Waals surface area contributed by atoms with Crippen molar-refractivity contribution in [3.8, 4) is 28.4 Å². The molecule has 9 nitrogen and oxygen atoms in total. The molecule has 3 heterocycles. The zero-order valence-electron chi connectivity index (χ0n) is 21.9. The smallest absolute Gasteiger partial charge is 0.162 e. The molecule has 9 heteroatoms. The second-order valence-electron chi connectivity index (χ2n) is 9.53. The van der Waals surface area contributed by atoms with Crippen LogP contribution in [0.3, 0.4) is 0 Å². The van der Waals surface area contributed by atoms with E-state index < -0.39 is 6.10 Å². The van der Waals surface area contributed by atoms with Gasteiger partial charge in [-0.15, -0.1) is 0 Å². The van der Waals surface area contributed by atoms with E-state index in [2.05, 4.69) is 29.3 Å². The van der Waals surface area contributed by atoms with Crippen LogP contribution >= 0.6 is 0 Å². The van der Waals surface area contributed by atoms with Crippen LogP contribution in [0.1, 0.15) is 29.9 Å². The molecule has 1 fully saturated rings. The van der Waals surface area contributed by atoms with Gasteiger partial charge in [0.2, 0.25) is 0 Å². The number of benzene rings is 1. The Kier molecular flexibility index (Phi) is 8.56. The lowest BCUT2D eigenvalue weighted by atomic mass is 9.99. The molecule has 3 aromatic rings. The van der Waals surface area contributed by atoms with E-state index in [-0.39, 0.29) is 6.61 Å². The average Bonchev–Trinajstić information content (AvgIpc) is 3.21. The number of nitrogens with one attached hydrogen (secondary N) is 1. The van der Waals surface area contributed by atoms with Gasteiger partial charge in [0.05, 0.1) is 17.0 Å². The number of rotatable bonds is 10. The third-order valence-electron chi connectivity index (χ3n) is 6.60. The fourth-order valence-electron chi connectivity index (χ4n) is 4.68. The first-order chi connectivity index (χ1) is 17.4. The minimum Gasteiger partial charge on any atom is -0.491 e. The van der Waals surface area contributed by atoms with Gasteiger partial charge < -0.3 is 29.3 Å². The monoisotopic (exact) mass is 495 g/mol. The summed E-state index contributed by atoms with van der Waals surface area (Å²) in [4.78, 5) is 12.2. The standard InChI is InChI=1S/C27H37N5O4/c1-17-25(24-18(2)31-36-19(24)3)29-26(30-27(17)32(5)15-20-9-11-34-12-10-20)21-7-6-8-23(13-21)35-16-22(33)14-28-4/h6-8,13,20,22,28,33H,9-12,14-16H2,1-5H3. The second-order valence-corrected chi connectivity index (χ2v) is 9.53. The van der Waals surface area contributed by atoms with Crippen LogP contribution < -0.4 is 15.0 Å². The van der Waals surface area contributed by atoms with Crippen molar-refractivity contribution in [1.82, 2.24) is 20.4 Å². The number of nitrogens with zero attached hydrogens (tertiary/aromatic N) is 4. The van der Waals surface area contributed by atoms with Crippen LogP contribution in [0.2, 0.25) is 0 Å². The lowest BCUT2D eigenvalue weighted by Crippen LogP contribution is -2.30. The molecule has 0 radical (unpaired) electrons. The summed E-state index contributed by atoms with van der Waals surface area (Å²) in [6.07, 6.45) is 1.51. The van der Waals surface area contributed by atoms with Crippen LogP contribution in [-0.2, 0) is 4.74 Å². The Bertz CT molecular complexity index is 1140. The van der Waals surface area contributed by atoms with Gasteiger partial charge in [0.25, 0.3) is 0 Å². The predicted molar refractivity (Wildman–Crippen MR) is 139 cm³/mol. The van der Waals surface area contributed by atoms with E-state index in [4.69, 9.17) is 24.0 Å². The molecule has 1 aromatic carbocycles. The summed E-state index contributed by atoms with van der Waals surface area (Å²) >= 11 is 0. The van der Waals surface area contributed by atoms with E-state index in [0.29, 0.717) is 24.0 Å². The minimum atomic E-state index is -0.592.